The summed E-state index contributed by atoms with van der Waals surface area (Å²) >= 11 is 3.41. The second-order valence-corrected chi connectivity index (χ2v) is 6.02. The van der Waals surface area contributed by atoms with E-state index in [0.29, 0.717) is 0 Å². The van der Waals surface area contributed by atoms with Crippen LogP contribution in [0.15, 0.2) is 22.9 Å². The highest BCUT2D eigenvalue weighted by Crippen LogP contribution is 2.28. The summed E-state index contributed by atoms with van der Waals surface area (Å²) in [6.07, 6.45) is 11.7. The first-order valence-electron chi connectivity index (χ1n) is 6.51. The molecule has 0 spiro atoms. The van der Waals surface area contributed by atoms with Gasteiger partial charge in [0.25, 0.3) is 0 Å². The lowest BCUT2D eigenvalue weighted by atomic mass is 9.84. The van der Waals surface area contributed by atoms with Crippen LogP contribution in [-0.2, 0) is 6.42 Å². The Balaban J connectivity index is 1.82. The fourth-order valence-corrected chi connectivity index (χ4v) is 3.14. The fourth-order valence-electron chi connectivity index (χ4n) is 2.73. The minimum atomic E-state index is -0.214. The average molecular weight is 298 g/mol. The molecule has 1 heterocycles. The van der Waals surface area contributed by atoms with Crippen LogP contribution in [0.4, 0.5) is 0 Å². The molecule has 0 radical (unpaired) electrons. The van der Waals surface area contributed by atoms with Gasteiger partial charge in [-0.15, -0.1) is 0 Å². The zero-order chi connectivity index (χ0) is 12.1. The maximum absolute atomic E-state index is 10.1. The van der Waals surface area contributed by atoms with Crippen molar-refractivity contribution in [1.82, 2.24) is 4.98 Å². The summed E-state index contributed by atoms with van der Waals surface area (Å²) in [6, 6.07) is 2.04. The Hall–Kier alpha value is -0.410. The van der Waals surface area contributed by atoms with Gasteiger partial charge in [0.1, 0.15) is 0 Å². The summed E-state index contributed by atoms with van der Waals surface area (Å²) in [4.78, 5) is 4.13. The molecule has 94 valence electrons. The van der Waals surface area contributed by atoms with E-state index in [4.69, 9.17) is 0 Å². The maximum atomic E-state index is 10.1. The molecule has 1 aliphatic carbocycles. The SMILES string of the molecule is OC(Cc1cncc(Br)c1)CC1CCCCC1. The lowest BCUT2D eigenvalue weighted by molar-refractivity contribution is 0.130. The van der Waals surface area contributed by atoms with Crippen molar-refractivity contribution in [2.75, 3.05) is 0 Å². The van der Waals surface area contributed by atoms with Crippen LogP contribution in [0.5, 0.6) is 0 Å². The van der Waals surface area contributed by atoms with Gasteiger partial charge in [-0.25, -0.2) is 0 Å². The normalized spacial score (nSPS) is 19.2. The van der Waals surface area contributed by atoms with Crippen molar-refractivity contribution in [1.29, 1.82) is 0 Å². The van der Waals surface area contributed by atoms with Crippen LogP contribution in [0.1, 0.15) is 44.1 Å². The summed E-state index contributed by atoms with van der Waals surface area (Å²) < 4.78 is 0.986. The zero-order valence-corrected chi connectivity index (χ0v) is 11.7. The Kier molecular flexibility index (Phi) is 4.99. The number of hydrogen-bond donors (Lipinski definition) is 1. The van der Waals surface area contributed by atoms with Crippen molar-refractivity contribution in [3.63, 3.8) is 0 Å². The van der Waals surface area contributed by atoms with Gasteiger partial charge < -0.3 is 5.11 Å². The number of hydrogen-bond acceptors (Lipinski definition) is 2. The standard InChI is InChI=1S/C14H20BrNO/c15-13-6-12(9-16-10-13)8-14(17)7-11-4-2-1-3-5-11/h6,9-11,14,17H,1-5,7-8H2. The van der Waals surface area contributed by atoms with Crippen LogP contribution < -0.4 is 0 Å². The number of pyridine rings is 1. The first kappa shape index (κ1) is 13.0. The monoisotopic (exact) mass is 297 g/mol. The van der Waals surface area contributed by atoms with Gasteiger partial charge in [-0.3, -0.25) is 4.98 Å². The van der Waals surface area contributed by atoms with Gasteiger partial charge in [0.15, 0.2) is 0 Å². The lowest BCUT2D eigenvalue weighted by Crippen LogP contribution is -2.18. The molecule has 17 heavy (non-hydrogen) atoms. The van der Waals surface area contributed by atoms with Crippen molar-refractivity contribution in [2.24, 2.45) is 5.92 Å². The third-order valence-corrected chi connectivity index (χ3v) is 4.00. The van der Waals surface area contributed by atoms with Gasteiger partial charge in [0.2, 0.25) is 0 Å². The summed E-state index contributed by atoms with van der Waals surface area (Å²) in [5.41, 5.74) is 1.11. The zero-order valence-electron chi connectivity index (χ0n) is 10.1. The third kappa shape index (κ3) is 4.40. The predicted octanol–water partition coefficient (Wildman–Crippen LogP) is 3.72. The first-order valence-corrected chi connectivity index (χ1v) is 7.31. The third-order valence-electron chi connectivity index (χ3n) is 3.56. The van der Waals surface area contributed by atoms with E-state index in [0.717, 1.165) is 28.8 Å². The Morgan fingerprint density at radius 2 is 2.06 bits per heavy atom. The summed E-state index contributed by atoms with van der Waals surface area (Å²) in [5.74, 6) is 0.735. The van der Waals surface area contributed by atoms with Crippen LogP contribution in [0, 0.1) is 5.92 Å². The number of aliphatic hydroxyl groups excluding tert-OH is 1. The number of aliphatic hydroxyl groups is 1. The largest absolute Gasteiger partial charge is 0.393 e. The summed E-state index contributed by atoms with van der Waals surface area (Å²) in [7, 11) is 0. The quantitative estimate of drug-likeness (QED) is 0.919. The van der Waals surface area contributed by atoms with Gasteiger partial charge in [-0.1, -0.05) is 32.1 Å². The molecular formula is C14H20BrNO. The van der Waals surface area contributed by atoms with Gasteiger partial charge in [0.05, 0.1) is 6.10 Å². The van der Waals surface area contributed by atoms with Crippen molar-refractivity contribution in [2.45, 2.75) is 51.0 Å². The maximum Gasteiger partial charge on any atom is 0.0583 e. The highest BCUT2D eigenvalue weighted by atomic mass is 79.9. The second kappa shape index (κ2) is 6.50. The van der Waals surface area contributed by atoms with E-state index in [1.807, 2.05) is 12.3 Å². The van der Waals surface area contributed by atoms with Crippen LogP contribution in [-0.4, -0.2) is 16.2 Å². The van der Waals surface area contributed by atoms with Gasteiger partial charge in [-0.05, 0) is 46.3 Å². The molecule has 1 saturated carbocycles. The molecule has 0 aromatic carbocycles. The average Bonchev–Trinajstić information content (AvgIpc) is 2.30. The molecule has 0 amide bonds. The molecular weight excluding hydrogens is 278 g/mol. The first-order chi connectivity index (χ1) is 8.24. The van der Waals surface area contributed by atoms with Crippen molar-refractivity contribution in [3.05, 3.63) is 28.5 Å². The number of aromatic nitrogens is 1. The molecule has 1 aliphatic rings. The Morgan fingerprint density at radius 3 is 2.76 bits per heavy atom. The van der Waals surface area contributed by atoms with Gasteiger partial charge >= 0.3 is 0 Å². The van der Waals surface area contributed by atoms with Crippen molar-refractivity contribution < 1.29 is 5.11 Å². The predicted molar refractivity (Wildman–Crippen MR) is 72.8 cm³/mol. The van der Waals surface area contributed by atoms with E-state index >= 15 is 0 Å². The molecule has 2 rings (SSSR count). The van der Waals surface area contributed by atoms with Crippen molar-refractivity contribution in [3.8, 4) is 0 Å². The number of nitrogens with zero attached hydrogens (tertiary/aromatic N) is 1. The summed E-state index contributed by atoms with van der Waals surface area (Å²) in [6.45, 7) is 0. The van der Waals surface area contributed by atoms with Crippen LogP contribution in [0.25, 0.3) is 0 Å². The van der Waals surface area contributed by atoms with E-state index in [9.17, 15) is 5.11 Å². The second-order valence-electron chi connectivity index (χ2n) is 5.11. The molecule has 1 N–H and O–H groups in total. The topological polar surface area (TPSA) is 33.1 Å². The molecule has 1 aromatic rings. The molecule has 1 atom stereocenters. The fraction of sp³-hybridized carbons (Fsp3) is 0.643. The van der Waals surface area contributed by atoms with E-state index in [1.54, 1.807) is 6.20 Å². The van der Waals surface area contributed by atoms with Crippen molar-refractivity contribution >= 4 is 15.9 Å². The highest BCUT2D eigenvalue weighted by Gasteiger charge is 2.17. The van der Waals surface area contributed by atoms with Gasteiger partial charge in [0, 0.05) is 16.9 Å². The van der Waals surface area contributed by atoms with Crippen LogP contribution in [0.2, 0.25) is 0 Å². The molecule has 0 saturated heterocycles. The Morgan fingerprint density at radius 1 is 1.29 bits per heavy atom. The highest BCUT2D eigenvalue weighted by molar-refractivity contribution is 9.10. The van der Waals surface area contributed by atoms with E-state index in [2.05, 4.69) is 20.9 Å². The molecule has 1 unspecified atom stereocenters. The Bertz CT molecular complexity index is 350. The Labute approximate surface area is 112 Å². The molecule has 1 aromatic heterocycles. The molecule has 2 nitrogen and oxygen atoms in total. The van der Waals surface area contributed by atoms with E-state index < -0.39 is 0 Å². The molecule has 0 bridgehead atoms. The molecule has 0 aliphatic heterocycles. The number of rotatable bonds is 4. The number of halogens is 1. The minimum absolute atomic E-state index is 0.214. The molecule has 3 heteroatoms. The van der Waals surface area contributed by atoms with E-state index in [1.165, 1.54) is 32.1 Å². The van der Waals surface area contributed by atoms with Crippen LogP contribution >= 0.6 is 15.9 Å². The smallest absolute Gasteiger partial charge is 0.0583 e. The minimum Gasteiger partial charge on any atom is -0.393 e. The van der Waals surface area contributed by atoms with E-state index in [-0.39, 0.29) is 6.10 Å². The molecule has 1 fully saturated rings. The lowest BCUT2D eigenvalue weighted by Gasteiger charge is -2.24. The van der Waals surface area contributed by atoms with Crippen LogP contribution in [0.3, 0.4) is 0 Å². The summed E-state index contributed by atoms with van der Waals surface area (Å²) in [5, 5.41) is 10.1. The van der Waals surface area contributed by atoms with Gasteiger partial charge in [-0.2, -0.15) is 0 Å².